The van der Waals surface area contributed by atoms with Crippen LogP contribution in [0.1, 0.15) is 11.1 Å². The van der Waals surface area contributed by atoms with Crippen molar-refractivity contribution in [1.29, 1.82) is 0 Å². The van der Waals surface area contributed by atoms with Gasteiger partial charge in [0.25, 0.3) is 0 Å². The quantitative estimate of drug-likeness (QED) is 0.642. The number of hydrogen-bond acceptors (Lipinski definition) is 5. The third-order valence-electron chi connectivity index (χ3n) is 4.23. The Labute approximate surface area is 144 Å². The van der Waals surface area contributed by atoms with Gasteiger partial charge in [-0.1, -0.05) is 24.3 Å². The van der Waals surface area contributed by atoms with Crippen LogP contribution in [0.4, 0.5) is 10.1 Å². The van der Waals surface area contributed by atoms with Crippen LogP contribution in [0.15, 0.2) is 42.5 Å². The van der Waals surface area contributed by atoms with Gasteiger partial charge in [-0.2, -0.15) is 0 Å². The number of ether oxygens (including phenoxy) is 1. The van der Waals surface area contributed by atoms with Crippen LogP contribution in [0.3, 0.4) is 0 Å². The number of rotatable bonds is 6. The largest absolute Gasteiger partial charge is 0.484 e. The van der Waals surface area contributed by atoms with Crippen molar-refractivity contribution in [3.05, 3.63) is 69.5 Å². The highest BCUT2D eigenvalue weighted by molar-refractivity contribution is 5.46. The van der Waals surface area contributed by atoms with Crippen molar-refractivity contribution in [2.75, 3.05) is 19.7 Å². The van der Waals surface area contributed by atoms with E-state index in [1.807, 2.05) is 12.1 Å². The van der Waals surface area contributed by atoms with E-state index < -0.39 is 16.8 Å². The number of β-amino-alcohol motifs (C(OH)–C–C–N with tert-alkyl or cyclic N) is 1. The Morgan fingerprint density at radius 3 is 2.80 bits per heavy atom. The summed E-state index contributed by atoms with van der Waals surface area (Å²) < 4.78 is 18.6. The molecule has 0 amide bonds. The van der Waals surface area contributed by atoms with E-state index in [2.05, 4.69) is 17.0 Å². The number of aliphatic hydroxyl groups excluding tert-OH is 1. The summed E-state index contributed by atoms with van der Waals surface area (Å²) in [6.07, 6.45) is 0.0900. The average molecular weight is 346 g/mol. The van der Waals surface area contributed by atoms with Gasteiger partial charge in [-0.3, -0.25) is 15.0 Å². The summed E-state index contributed by atoms with van der Waals surface area (Å²) in [5.74, 6) is -0.796. The van der Waals surface area contributed by atoms with Crippen LogP contribution in [-0.4, -0.2) is 40.7 Å². The molecule has 132 valence electrons. The smallest absolute Gasteiger partial charge is 0.311 e. The first-order valence-corrected chi connectivity index (χ1v) is 8.07. The normalized spacial score (nSPS) is 15.4. The maximum Gasteiger partial charge on any atom is 0.311 e. The number of benzene rings is 2. The summed E-state index contributed by atoms with van der Waals surface area (Å²) in [4.78, 5) is 12.4. The molecule has 1 heterocycles. The van der Waals surface area contributed by atoms with E-state index in [-0.39, 0.29) is 18.0 Å². The average Bonchev–Trinajstić information content (AvgIpc) is 2.59. The number of nitro groups is 1. The summed E-state index contributed by atoms with van der Waals surface area (Å²) in [6.45, 7) is 1.82. The molecule has 1 unspecified atom stereocenters. The second kappa shape index (κ2) is 7.58. The van der Waals surface area contributed by atoms with E-state index in [0.29, 0.717) is 6.54 Å². The number of halogens is 1. The highest BCUT2D eigenvalue weighted by Gasteiger charge is 2.21. The third kappa shape index (κ3) is 4.32. The van der Waals surface area contributed by atoms with Crippen LogP contribution >= 0.6 is 0 Å². The minimum atomic E-state index is -0.826. The summed E-state index contributed by atoms with van der Waals surface area (Å²) in [5, 5.41) is 21.1. The number of nitrogens with zero attached hydrogens (tertiary/aromatic N) is 2. The van der Waals surface area contributed by atoms with E-state index in [9.17, 15) is 19.6 Å². The predicted molar refractivity (Wildman–Crippen MR) is 90.0 cm³/mol. The summed E-state index contributed by atoms with van der Waals surface area (Å²) in [7, 11) is 0. The predicted octanol–water partition coefficient (Wildman–Crippen LogP) is 2.53. The molecule has 0 aliphatic carbocycles. The Morgan fingerprint density at radius 2 is 2.04 bits per heavy atom. The molecule has 1 aliphatic heterocycles. The minimum absolute atomic E-state index is 0.136. The molecule has 0 spiro atoms. The molecule has 3 rings (SSSR count). The third-order valence-corrected chi connectivity index (χ3v) is 4.23. The van der Waals surface area contributed by atoms with Gasteiger partial charge in [0.1, 0.15) is 18.5 Å². The summed E-state index contributed by atoms with van der Waals surface area (Å²) >= 11 is 0. The van der Waals surface area contributed by atoms with E-state index in [0.717, 1.165) is 37.7 Å². The molecule has 0 aromatic heterocycles. The molecule has 0 radical (unpaired) electrons. The SMILES string of the molecule is O=[N+]([O-])c1ccc(F)cc1OCC(O)CN1CCc2ccccc2C1. The maximum atomic E-state index is 13.3. The van der Waals surface area contributed by atoms with Crippen molar-refractivity contribution in [2.45, 2.75) is 19.1 Å². The van der Waals surface area contributed by atoms with Crippen molar-refractivity contribution < 1.29 is 19.2 Å². The lowest BCUT2D eigenvalue weighted by Crippen LogP contribution is -2.38. The molecular weight excluding hydrogens is 327 g/mol. The lowest BCUT2D eigenvalue weighted by Gasteiger charge is -2.30. The van der Waals surface area contributed by atoms with Gasteiger partial charge in [0, 0.05) is 31.8 Å². The van der Waals surface area contributed by atoms with Crippen molar-refractivity contribution in [2.24, 2.45) is 0 Å². The molecule has 0 bridgehead atoms. The first-order chi connectivity index (χ1) is 12.0. The van der Waals surface area contributed by atoms with Crippen LogP contribution in [0.5, 0.6) is 5.75 Å². The van der Waals surface area contributed by atoms with Crippen LogP contribution in [0.2, 0.25) is 0 Å². The first kappa shape index (κ1) is 17.3. The first-order valence-electron chi connectivity index (χ1n) is 8.07. The van der Waals surface area contributed by atoms with Crippen LogP contribution in [-0.2, 0) is 13.0 Å². The van der Waals surface area contributed by atoms with E-state index >= 15 is 0 Å². The van der Waals surface area contributed by atoms with Gasteiger partial charge in [0.05, 0.1) is 4.92 Å². The molecule has 2 aromatic rings. The molecule has 6 nitrogen and oxygen atoms in total. The zero-order chi connectivity index (χ0) is 17.8. The Balaban J connectivity index is 1.56. The lowest BCUT2D eigenvalue weighted by molar-refractivity contribution is -0.386. The van der Waals surface area contributed by atoms with Crippen molar-refractivity contribution >= 4 is 5.69 Å². The lowest BCUT2D eigenvalue weighted by atomic mass is 10.00. The molecular formula is C18H19FN2O4. The van der Waals surface area contributed by atoms with Gasteiger partial charge in [-0.05, 0) is 23.6 Å². The van der Waals surface area contributed by atoms with Crippen LogP contribution in [0.25, 0.3) is 0 Å². The highest BCUT2D eigenvalue weighted by atomic mass is 19.1. The zero-order valence-electron chi connectivity index (χ0n) is 13.6. The summed E-state index contributed by atoms with van der Waals surface area (Å²) in [5.41, 5.74) is 2.24. The Bertz CT molecular complexity index is 768. The molecule has 1 N–H and O–H groups in total. The number of hydrogen-bond donors (Lipinski definition) is 1. The maximum absolute atomic E-state index is 13.3. The molecule has 1 atom stereocenters. The number of nitro benzene ring substituents is 1. The molecule has 0 saturated heterocycles. The van der Waals surface area contributed by atoms with Gasteiger partial charge in [-0.15, -0.1) is 0 Å². The summed E-state index contributed by atoms with van der Waals surface area (Å²) in [6, 6.07) is 11.2. The Kier molecular flexibility index (Phi) is 5.25. The minimum Gasteiger partial charge on any atom is -0.484 e. The molecule has 0 fully saturated rings. The van der Waals surface area contributed by atoms with E-state index in [1.54, 1.807) is 0 Å². The molecule has 7 heteroatoms. The van der Waals surface area contributed by atoms with E-state index in [1.165, 1.54) is 11.1 Å². The fraction of sp³-hybridized carbons (Fsp3) is 0.333. The van der Waals surface area contributed by atoms with Crippen molar-refractivity contribution in [1.82, 2.24) is 4.90 Å². The van der Waals surface area contributed by atoms with Crippen LogP contribution in [0, 0.1) is 15.9 Å². The molecule has 2 aromatic carbocycles. The molecule has 1 aliphatic rings. The highest BCUT2D eigenvalue weighted by Crippen LogP contribution is 2.27. The number of fused-ring (bicyclic) bond motifs is 1. The van der Waals surface area contributed by atoms with Gasteiger partial charge in [0.15, 0.2) is 5.75 Å². The Morgan fingerprint density at radius 1 is 1.28 bits per heavy atom. The van der Waals surface area contributed by atoms with Crippen molar-refractivity contribution in [3.8, 4) is 5.75 Å². The van der Waals surface area contributed by atoms with Gasteiger partial charge >= 0.3 is 5.69 Å². The van der Waals surface area contributed by atoms with Gasteiger partial charge < -0.3 is 9.84 Å². The van der Waals surface area contributed by atoms with Crippen LogP contribution < -0.4 is 4.74 Å². The second-order valence-corrected chi connectivity index (χ2v) is 6.09. The Hall–Kier alpha value is -2.51. The van der Waals surface area contributed by atoms with E-state index in [4.69, 9.17) is 4.74 Å². The van der Waals surface area contributed by atoms with Gasteiger partial charge in [-0.25, -0.2) is 4.39 Å². The zero-order valence-corrected chi connectivity index (χ0v) is 13.6. The van der Waals surface area contributed by atoms with Crippen molar-refractivity contribution in [3.63, 3.8) is 0 Å². The molecule has 0 saturated carbocycles. The molecule has 25 heavy (non-hydrogen) atoms. The van der Waals surface area contributed by atoms with Gasteiger partial charge in [0.2, 0.25) is 0 Å². The second-order valence-electron chi connectivity index (χ2n) is 6.09. The fourth-order valence-electron chi connectivity index (χ4n) is 3.00. The fourth-order valence-corrected chi connectivity index (χ4v) is 3.00. The standard InChI is InChI=1S/C18H19FN2O4/c19-15-5-6-17(21(23)24)18(9-15)25-12-16(22)11-20-8-7-13-3-1-2-4-14(13)10-20/h1-6,9,16,22H,7-8,10-12H2. The monoisotopic (exact) mass is 346 g/mol. The topological polar surface area (TPSA) is 75.8 Å². The number of aliphatic hydroxyl groups is 1.